The van der Waals surface area contributed by atoms with E-state index in [-0.39, 0.29) is 18.4 Å². The Morgan fingerprint density at radius 1 is 1.00 bits per heavy atom. The van der Waals surface area contributed by atoms with Crippen LogP contribution in [0.15, 0.2) is 47.4 Å². The Morgan fingerprint density at radius 2 is 1.63 bits per heavy atom. The van der Waals surface area contributed by atoms with Gasteiger partial charge in [-0.05, 0) is 54.8 Å². The topological polar surface area (TPSA) is 66.8 Å². The van der Waals surface area contributed by atoms with Crippen molar-refractivity contribution in [3.8, 4) is 5.75 Å². The second kappa shape index (κ2) is 7.98. The molecule has 6 heteroatoms. The number of aliphatic hydroxyl groups excluding tert-OH is 1. The van der Waals surface area contributed by atoms with Crippen LogP contribution >= 0.6 is 11.8 Å². The first kappa shape index (κ1) is 19.2. The molecule has 1 aliphatic rings. The van der Waals surface area contributed by atoms with Gasteiger partial charge in [-0.25, -0.2) is 4.90 Å². The van der Waals surface area contributed by atoms with Gasteiger partial charge >= 0.3 is 0 Å². The maximum atomic E-state index is 13.2. The van der Waals surface area contributed by atoms with Crippen LogP contribution in [0, 0.1) is 13.8 Å². The van der Waals surface area contributed by atoms with Crippen molar-refractivity contribution in [3.63, 3.8) is 0 Å². The fourth-order valence-electron chi connectivity index (χ4n) is 3.12. The lowest BCUT2D eigenvalue weighted by Gasteiger charge is -2.16. The number of ether oxygens (including phenoxy) is 1. The number of nitrogens with zero attached hydrogens (tertiary/aromatic N) is 1. The monoisotopic (exact) mass is 383 g/mol. The average Bonchev–Trinajstić information content (AvgIpc) is 2.89. The molecular formula is C21H21NO4S. The van der Waals surface area contributed by atoms with Crippen molar-refractivity contribution in [1.29, 1.82) is 0 Å². The molecule has 1 heterocycles. The minimum Gasteiger partial charge on any atom is -0.497 e. The highest BCUT2D eigenvalue weighted by Crippen LogP contribution is 2.39. The summed E-state index contributed by atoms with van der Waals surface area (Å²) in [7, 11) is 1.57. The molecule has 0 saturated heterocycles. The third kappa shape index (κ3) is 3.77. The van der Waals surface area contributed by atoms with E-state index in [0.717, 1.165) is 11.1 Å². The van der Waals surface area contributed by atoms with Crippen LogP contribution < -0.4 is 9.64 Å². The van der Waals surface area contributed by atoms with Gasteiger partial charge in [0.1, 0.15) is 5.75 Å². The Hall–Kier alpha value is -2.57. The molecule has 0 bridgehead atoms. The summed E-state index contributed by atoms with van der Waals surface area (Å²) in [5.74, 6) is 0.311. The van der Waals surface area contributed by atoms with Gasteiger partial charge < -0.3 is 9.84 Å². The number of carbonyl (C=O) groups is 2. The molecule has 0 atom stereocenters. The Bertz CT molecular complexity index is 898. The van der Waals surface area contributed by atoms with Gasteiger partial charge in [0.2, 0.25) is 0 Å². The molecule has 1 N–H and O–H groups in total. The van der Waals surface area contributed by atoms with Gasteiger partial charge in [0, 0.05) is 5.75 Å². The van der Waals surface area contributed by atoms with Crippen LogP contribution in [0.2, 0.25) is 0 Å². The molecule has 0 radical (unpaired) electrons. The smallest absolute Gasteiger partial charge is 0.272 e. The molecule has 27 heavy (non-hydrogen) atoms. The van der Waals surface area contributed by atoms with E-state index in [1.54, 1.807) is 31.4 Å². The molecule has 0 fully saturated rings. The Labute approximate surface area is 162 Å². The van der Waals surface area contributed by atoms with Crippen molar-refractivity contribution >= 4 is 34.8 Å². The van der Waals surface area contributed by atoms with E-state index in [1.165, 1.54) is 16.7 Å². The molecule has 1 aliphatic heterocycles. The summed E-state index contributed by atoms with van der Waals surface area (Å²) in [4.78, 5) is 27.9. The number of thioether (sulfide) groups is 1. The first-order valence-corrected chi connectivity index (χ1v) is 9.54. The van der Waals surface area contributed by atoms with Crippen molar-refractivity contribution in [2.45, 2.75) is 13.8 Å². The molecular weight excluding hydrogens is 362 g/mol. The van der Waals surface area contributed by atoms with E-state index in [1.807, 2.05) is 32.0 Å². The summed E-state index contributed by atoms with van der Waals surface area (Å²) >= 11 is 1.20. The first-order valence-electron chi connectivity index (χ1n) is 8.55. The van der Waals surface area contributed by atoms with E-state index >= 15 is 0 Å². The molecule has 2 aromatic rings. The summed E-state index contributed by atoms with van der Waals surface area (Å²) in [5, 5.41) is 9.19. The van der Waals surface area contributed by atoms with Gasteiger partial charge in [-0.15, -0.1) is 11.8 Å². The second-order valence-corrected chi connectivity index (χ2v) is 7.40. The third-order valence-electron chi connectivity index (χ3n) is 4.22. The quantitative estimate of drug-likeness (QED) is 0.775. The number of rotatable bonds is 6. The van der Waals surface area contributed by atoms with Crippen LogP contribution in [0.25, 0.3) is 5.57 Å². The number of carbonyl (C=O) groups excluding carboxylic acids is 2. The number of anilines is 1. The van der Waals surface area contributed by atoms with Gasteiger partial charge in [0.05, 0.1) is 29.9 Å². The van der Waals surface area contributed by atoms with Crippen LogP contribution in [-0.2, 0) is 9.59 Å². The number of benzene rings is 2. The van der Waals surface area contributed by atoms with E-state index in [0.29, 0.717) is 33.2 Å². The summed E-state index contributed by atoms with van der Waals surface area (Å²) in [5.41, 5.74) is 3.54. The highest BCUT2D eigenvalue weighted by Gasteiger charge is 2.40. The van der Waals surface area contributed by atoms with Crippen molar-refractivity contribution < 1.29 is 19.4 Å². The standard InChI is InChI=1S/C21H21NO4S/c1-13-10-14(2)12-16(11-13)22-20(24)18(19(21(22)25)27-9-8-23)15-4-6-17(26-3)7-5-15/h4-7,10-12,23H,8-9H2,1-3H3. The number of amides is 2. The van der Waals surface area contributed by atoms with Crippen LogP contribution in [-0.4, -0.2) is 36.4 Å². The largest absolute Gasteiger partial charge is 0.497 e. The van der Waals surface area contributed by atoms with Crippen molar-refractivity contribution in [2.75, 3.05) is 24.4 Å². The molecule has 2 aromatic carbocycles. The Balaban J connectivity index is 2.07. The van der Waals surface area contributed by atoms with Crippen molar-refractivity contribution in [3.05, 3.63) is 64.1 Å². The van der Waals surface area contributed by atoms with Crippen molar-refractivity contribution in [2.24, 2.45) is 0 Å². The predicted octanol–water partition coefficient (Wildman–Crippen LogP) is 3.32. The molecule has 0 aliphatic carbocycles. The number of hydrogen-bond donors (Lipinski definition) is 1. The van der Waals surface area contributed by atoms with Gasteiger partial charge in [-0.1, -0.05) is 18.2 Å². The maximum Gasteiger partial charge on any atom is 0.272 e. The third-order valence-corrected chi connectivity index (χ3v) is 5.28. The molecule has 0 unspecified atom stereocenters. The SMILES string of the molecule is COc1ccc(C2=C(SCCO)C(=O)N(c3cc(C)cc(C)c3)C2=O)cc1. The highest BCUT2D eigenvalue weighted by molar-refractivity contribution is 8.04. The van der Waals surface area contributed by atoms with E-state index in [9.17, 15) is 14.7 Å². The average molecular weight is 383 g/mol. The Kier molecular flexibility index (Phi) is 5.68. The minimum absolute atomic E-state index is 0.0743. The van der Waals surface area contributed by atoms with E-state index in [2.05, 4.69) is 0 Å². The Morgan fingerprint density at radius 3 is 2.19 bits per heavy atom. The predicted molar refractivity (Wildman–Crippen MR) is 108 cm³/mol. The molecule has 3 rings (SSSR count). The zero-order valence-corrected chi connectivity index (χ0v) is 16.3. The summed E-state index contributed by atoms with van der Waals surface area (Å²) < 4.78 is 5.17. The molecule has 0 saturated carbocycles. The van der Waals surface area contributed by atoms with Crippen LogP contribution in [0.4, 0.5) is 5.69 Å². The lowest BCUT2D eigenvalue weighted by atomic mass is 10.1. The molecule has 5 nitrogen and oxygen atoms in total. The molecule has 2 amide bonds. The molecule has 140 valence electrons. The lowest BCUT2D eigenvalue weighted by molar-refractivity contribution is -0.119. The second-order valence-electron chi connectivity index (χ2n) is 6.30. The van der Waals surface area contributed by atoms with Gasteiger partial charge in [0.15, 0.2) is 0 Å². The number of methoxy groups -OCH3 is 1. The highest BCUT2D eigenvalue weighted by atomic mass is 32.2. The fraction of sp³-hybridized carbons (Fsp3) is 0.238. The zero-order valence-electron chi connectivity index (χ0n) is 15.5. The van der Waals surface area contributed by atoms with Gasteiger partial charge in [-0.3, -0.25) is 9.59 Å². The maximum absolute atomic E-state index is 13.2. The zero-order chi connectivity index (χ0) is 19.6. The van der Waals surface area contributed by atoms with Gasteiger partial charge in [-0.2, -0.15) is 0 Å². The fourth-order valence-corrected chi connectivity index (χ4v) is 3.98. The summed E-state index contributed by atoms with van der Waals surface area (Å²) in [6.45, 7) is 3.79. The van der Waals surface area contributed by atoms with E-state index < -0.39 is 0 Å². The number of imide groups is 1. The van der Waals surface area contributed by atoms with Gasteiger partial charge in [0.25, 0.3) is 11.8 Å². The molecule has 0 spiro atoms. The minimum atomic E-state index is -0.353. The number of aliphatic hydroxyl groups is 1. The van der Waals surface area contributed by atoms with Crippen molar-refractivity contribution in [1.82, 2.24) is 0 Å². The lowest BCUT2D eigenvalue weighted by Crippen LogP contribution is -2.31. The number of hydrogen-bond acceptors (Lipinski definition) is 5. The summed E-state index contributed by atoms with van der Waals surface area (Å²) in [6.07, 6.45) is 0. The summed E-state index contributed by atoms with van der Waals surface area (Å²) in [6, 6.07) is 12.7. The molecule has 0 aromatic heterocycles. The van der Waals surface area contributed by atoms with E-state index in [4.69, 9.17) is 4.74 Å². The normalized spacial score (nSPS) is 14.3. The first-order chi connectivity index (χ1) is 13.0. The number of aryl methyl sites for hydroxylation is 2. The van der Waals surface area contributed by atoms with Crippen LogP contribution in [0.3, 0.4) is 0 Å². The van der Waals surface area contributed by atoms with Crippen LogP contribution in [0.5, 0.6) is 5.75 Å². The van der Waals surface area contributed by atoms with Crippen LogP contribution in [0.1, 0.15) is 16.7 Å².